The van der Waals surface area contributed by atoms with Crippen LogP contribution in [0.15, 0.2) is 61.2 Å². The first kappa shape index (κ1) is 16.1. The Morgan fingerprint density at radius 3 is 2.50 bits per heavy atom. The minimum atomic E-state index is 0.692. The van der Waals surface area contributed by atoms with Crippen LogP contribution >= 0.6 is 0 Å². The van der Waals surface area contributed by atoms with E-state index in [0.717, 1.165) is 34.7 Å². The number of pyridine rings is 3. The number of hydrogen-bond acceptors (Lipinski definition) is 5. The van der Waals surface area contributed by atoms with Gasteiger partial charge in [-0.25, -0.2) is 15.0 Å². The number of hydrogen-bond donors (Lipinski definition) is 3. The number of nitrogens with one attached hydrogen (secondary N) is 3. The molecular formula is C20H20N6. The molecule has 130 valence electrons. The van der Waals surface area contributed by atoms with Crippen molar-refractivity contribution >= 4 is 22.7 Å². The van der Waals surface area contributed by atoms with Crippen LogP contribution < -0.4 is 10.6 Å². The van der Waals surface area contributed by atoms with Gasteiger partial charge < -0.3 is 15.6 Å². The first-order valence-corrected chi connectivity index (χ1v) is 8.54. The minimum Gasteiger partial charge on any atom is -0.373 e. The molecule has 0 aliphatic heterocycles. The Bertz CT molecular complexity index is 989. The standard InChI is InChI=1S/C20H20N6/c1-21-18-6-5-15(11-23-18)12-25-19-7-4-14(10-24-19)9-16-13-26-20-17(16)3-2-8-22-20/h2-8,10-11,13H,9,12H2,1H3,(H,21,23)(H,22,26)(H,24,25). The zero-order valence-electron chi connectivity index (χ0n) is 14.5. The maximum absolute atomic E-state index is 4.52. The summed E-state index contributed by atoms with van der Waals surface area (Å²) in [7, 11) is 1.86. The molecule has 6 nitrogen and oxygen atoms in total. The highest BCUT2D eigenvalue weighted by atomic mass is 15.0. The van der Waals surface area contributed by atoms with Gasteiger partial charge in [-0.2, -0.15) is 0 Å². The van der Waals surface area contributed by atoms with Crippen LogP contribution in [-0.4, -0.2) is 27.0 Å². The predicted octanol–water partition coefficient (Wildman–Crippen LogP) is 3.60. The summed E-state index contributed by atoms with van der Waals surface area (Å²) in [6.45, 7) is 0.692. The van der Waals surface area contributed by atoms with Gasteiger partial charge in [0.25, 0.3) is 0 Å². The monoisotopic (exact) mass is 344 g/mol. The minimum absolute atomic E-state index is 0.692. The van der Waals surface area contributed by atoms with Crippen molar-refractivity contribution in [2.24, 2.45) is 0 Å². The molecule has 0 fully saturated rings. The van der Waals surface area contributed by atoms with Gasteiger partial charge in [-0.15, -0.1) is 0 Å². The molecule has 0 spiro atoms. The molecule has 0 saturated heterocycles. The van der Waals surface area contributed by atoms with Crippen LogP contribution in [0.2, 0.25) is 0 Å². The lowest BCUT2D eigenvalue weighted by atomic mass is 10.1. The second kappa shape index (κ2) is 7.23. The lowest BCUT2D eigenvalue weighted by molar-refractivity contribution is 1.07. The fourth-order valence-electron chi connectivity index (χ4n) is 2.88. The Balaban J connectivity index is 1.40. The number of aromatic amines is 1. The quantitative estimate of drug-likeness (QED) is 0.498. The van der Waals surface area contributed by atoms with E-state index in [9.17, 15) is 0 Å². The number of aromatic nitrogens is 4. The van der Waals surface area contributed by atoms with Gasteiger partial charge in [-0.3, -0.25) is 0 Å². The van der Waals surface area contributed by atoms with Gasteiger partial charge in [0.1, 0.15) is 17.3 Å². The molecule has 0 amide bonds. The van der Waals surface area contributed by atoms with Gasteiger partial charge in [-0.05, 0) is 41.0 Å². The van der Waals surface area contributed by atoms with E-state index < -0.39 is 0 Å². The van der Waals surface area contributed by atoms with Crippen LogP contribution in [0.5, 0.6) is 0 Å². The van der Waals surface area contributed by atoms with E-state index >= 15 is 0 Å². The maximum atomic E-state index is 4.52. The molecule has 6 heteroatoms. The Labute approximate surface area is 151 Å². The molecule has 0 bridgehead atoms. The van der Waals surface area contributed by atoms with Crippen LogP contribution in [0.4, 0.5) is 11.6 Å². The SMILES string of the molecule is CNc1ccc(CNc2ccc(Cc3c[nH]c4ncccc34)cn2)cn1. The van der Waals surface area contributed by atoms with Gasteiger partial charge in [-0.1, -0.05) is 12.1 Å². The number of H-pyrrole nitrogens is 1. The second-order valence-electron chi connectivity index (χ2n) is 6.10. The Morgan fingerprint density at radius 2 is 1.73 bits per heavy atom. The topological polar surface area (TPSA) is 78.5 Å². The number of nitrogens with zero attached hydrogens (tertiary/aromatic N) is 3. The maximum Gasteiger partial charge on any atom is 0.137 e. The molecule has 0 unspecified atom stereocenters. The molecule has 3 N–H and O–H groups in total. The number of anilines is 2. The highest BCUT2D eigenvalue weighted by molar-refractivity contribution is 5.79. The molecule has 4 aromatic rings. The highest BCUT2D eigenvalue weighted by Gasteiger charge is 2.05. The molecule has 0 aliphatic carbocycles. The van der Waals surface area contributed by atoms with Crippen LogP contribution in [0.3, 0.4) is 0 Å². The van der Waals surface area contributed by atoms with Crippen LogP contribution in [0.25, 0.3) is 11.0 Å². The molecule has 0 saturated carbocycles. The fourth-order valence-corrected chi connectivity index (χ4v) is 2.88. The van der Waals surface area contributed by atoms with Crippen molar-refractivity contribution in [1.29, 1.82) is 0 Å². The molecule has 4 rings (SSSR count). The van der Waals surface area contributed by atoms with E-state index in [1.165, 1.54) is 11.1 Å². The number of fused-ring (bicyclic) bond motifs is 1. The van der Waals surface area contributed by atoms with Crippen LogP contribution in [0.1, 0.15) is 16.7 Å². The third kappa shape index (κ3) is 3.49. The Hall–Kier alpha value is -3.41. The smallest absolute Gasteiger partial charge is 0.137 e. The zero-order valence-corrected chi connectivity index (χ0v) is 14.5. The molecule has 0 radical (unpaired) electrons. The zero-order chi connectivity index (χ0) is 17.8. The average Bonchev–Trinajstić information content (AvgIpc) is 3.11. The molecule has 26 heavy (non-hydrogen) atoms. The first-order chi connectivity index (χ1) is 12.8. The normalized spacial score (nSPS) is 10.8. The summed E-state index contributed by atoms with van der Waals surface area (Å²) >= 11 is 0. The van der Waals surface area contributed by atoms with Gasteiger partial charge in [0, 0.05) is 50.2 Å². The third-order valence-electron chi connectivity index (χ3n) is 4.31. The first-order valence-electron chi connectivity index (χ1n) is 8.54. The van der Waals surface area contributed by atoms with Crippen molar-refractivity contribution < 1.29 is 0 Å². The van der Waals surface area contributed by atoms with Crippen molar-refractivity contribution in [2.75, 3.05) is 17.7 Å². The van der Waals surface area contributed by atoms with Gasteiger partial charge in [0.15, 0.2) is 0 Å². The summed E-state index contributed by atoms with van der Waals surface area (Å²) in [5, 5.41) is 7.50. The summed E-state index contributed by atoms with van der Waals surface area (Å²) in [6.07, 6.45) is 8.42. The molecule has 0 aliphatic rings. The van der Waals surface area contributed by atoms with Crippen molar-refractivity contribution in [2.45, 2.75) is 13.0 Å². The van der Waals surface area contributed by atoms with Gasteiger partial charge >= 0.3 is 0 Å². The second-order valence-corrected chi connectivity index (χ2v) is 6.10. The van der Waals surface area contributed by atoms with Crippen molar-refractivity contribution in [3.8, 4) is 0 Å². The van der Waals surface area contributed by atoms with Crippen molar-refractivity contribution in [3.05, 3.63) is 77.9 Å². The van der Waals surface area contributed by atoms with E-state index in [0.29, 0.717) is 6.54 Å². The lowest BCUT2D eigenvalue weighted by Gasteiger charge is -2.07. The van der Waals surface area contributed by atoms with E-state index in [4.69, 9.17) is 0 Å². The van der Waals surface area contributed by atoms with Crippen molar-refractivity contribution in [1.82, 2.24) is 19.9 Å². The predicted molar refractivity (Wildman–Crippen MR) is 104 cm³/mol. The Kier molecular flexibility index (Phi) is 4.47. The molecule has 0 aromatic carbocycles. The molecular weight excluding hydrogens is 324 g/mol. The fraction of sp³-hybridized carbons (Fsp3) is 0.150. The summed E-state index contributed by atoms with van der Waals surface area (Å²) in [4.78, 5) is 16.4. The largest absolute Gasteiger partial charge is 0.373 e. The van der Waals surface area contributed by atoms with Crippen molar-refractivity contribution in [3.63, 3.8) is 0 Å². The molecule has 4 heterocycles. The summed E-state index contributed by atoms with van der Waals surface area (Å²) < 4.78 is 0. The number of rotatable bonds is 6. The van der Waals surface area contributed by atoms with E-state index in [2.05, 4.69) is 42.7 Å². The highest BCUT2D eigenvalue weighted by Crippen LogP contribution is 2.19. The van der Waals surface area contributed by atoms with Crippen LogP contribution in [0, 0.1) is 0 Å². The van der Waals surface area contributed by atoms with Gasteiger partial charge in [0.2, 0.25) is 0 Å². The van der Waals surface area contributed by atoms with Gasteiger partial charge in [0.05, 0.1) is 0 Å². The van der Waals surface area contributed by atoms with E-state index in [1.807, 2.05) is 49.9 Å². The van der Waals surface area contributed by atoms with Crippen LogP contribution in [-0.2, 0) is 13.0 Å². The summed E-state index contributed by atoms with van der Waals surface area (Å²) in [5.41, 5.74) is 4.43. The van der Waals surface area contributed by atoms with E-state index in [1.54, 1.807) is 6.20 Å². The third-order valence-corrected chi connectivity index (χ3v) is 4.31. The molecule has 4 aromatic heterocycles. The average molecular weight is 344 g/mol. The Morgan fingerprint density at radius 1 is 0.923 bits per heavy atom. The van der Waals surface area contributed by atoms with E-state index in [-0.39, 0.29) is 0 Å². The summed E-state index contributed by atoms with van der Waals surface area (Å²) in [6, 6.07) is 12.2. The lowest BCUT2D eigenvalue weighted by Crippen LogP contribution is -2.02. The molecule has 0 atom stereocenters. The summed E-state index contributed by atoms with van der Waals surface area (Å²) in [5.74, 6) is 1.72.